The molecule has 1 aliphatic rings. The van der Waals surface area contributed by atoms with Gasteiger partial charge in [-0.2, -0.15) is 0 Å². The van der Waals surface area contributed by atoms with Crippen LogP contribution in [0.2, 0.25) is 0 Å². The molecule has 0 aliphatic carbocycles. The monoisotopic (exact) mass is 397 g/mol. The van der Waals surface area contributed by atoms with Crippen molar-refractivity contribution in [2.24, 2.45) is 5.92 Å². The van der Waals surface area contributed by atoms with Crippen LogP contribution in [-0.2, 0) is 6.54 Å². The van der Waals surface area contributed by atoms with E-state index in [1.54, 1.807) is 29.1 Å². The first kappa shape index (κ1) is 19.7. The van der Waals surface area contributed by atoms with Crippen molar-refractivity contribution in [2.45, 2.75) is 39.3 Å². The quantitative estimate of drug-likeness (QED) is 0.652. The van der Waals surface area contributed by atoms with Gasteiger partial charge >= 0.3 is 0 Å². The minimum Gasteiger partial charge on any atom is -0.301 e. The number of piperidine rings is 1. The van der Waals surface area contributed by atoms with E-state index < -0.39 is 11.6 Å². The van der Waals surface area contributed by atoms with E-state index in [4.69, 9.17) is 0 Å². The van der Waals surface area contributed by atoms with Gasteiger partial charge in [-0.25, -0.2) is 13.8 Å². The minimum absolute atomic E-state index is 0.0962. The number of hydrogen-bond donors (Lipinski definition) is 0. The molecule has 4 nitrogen and oxygen atoms in total. The Balaban J connectivity index is 1.65. The maximum atomic E-state index is 13.6. The van der Waals surface area contributed by atoms with Gasteiger partial charge in [0.2, 0.25) is 0 Å². The van der Waals surface area contributed by atoms with Gasteiger partial charge in [0.1, 0.15) is 0 Å². The number of rotatable bonds is 4. The smallest absolute Gasteiger partial charge is 0.261 e. The zero-order chi connectivity index (χ0) is 20.5. The molecule has 1 atom stereocenters. The standard InChI is InChI=1S/C23H25F2N3O/c1-15(2)27-9-3-4-16(12-27)13-28-14-26-22-8-6-17(10-19(22)23(28)29)18-5-7-20(24)21(25)11-18/h5-8,10-11,14-16H,3-4,9,12-13H2,1-2H3/t16-/m0/s1. The highest BCUT2D eigenvalue weighted by atomic mass is 19.2. The number of nitrogens with zero attached hydrogens (tertiary/aromatic N) is 3. The fraction of sp³-hybridized carbons (Fsp3) is 0.391. The Hall–Kier alpha value is -2.60. The molecule has 1 saturated heterocycles. The van der Waals surface area contributed by atoms with Crippen LogP contribution in [0.25, 0.3) is 22.0 Å². The lowest BCUT2D eigenvalue weighted by Crippen LogP contribution is -2.42. The lowest BCUT2D eigenvalue weighted by atomic mass is 9.97. The lowest BCUT2D eigenvalue weighted by Gasteiger charge is -2.35. The number of benzene rings is 2. The molecule has 29 heavy (non-hydrogen) atoms. The van der Waals surface area contributed by atoms with Crippen molar-refractivity contribution in [1.29, 1.82) is 0 Å². The maximum absolute atomic E-state index is 13.6. The van der Waals surface area contributed by atoms with Gasteiger partial charge in [-0.05, 0) is 74.5 Å². The van der Waals surface area contributed by atoms with Crippen molar-refractivity contribution in [2.75, 3.05) is 13.1 Å². The van der Waals surface area contributed by atoms with E-state index in [0.29, 0.717) is 40.5 Å². The first-order valence-electron chi connectivity index (χ1n) is 10.1. The molecular weight excluding hydrogens is 372 g/mol. The van der Waals surface area contributed by atoms with Crippen molar-refractivity contribution >= 4 is 10.9 Å². The second-order valence-electron chi connectivity index (χ2n) is 8.16. The van der Waals surface area contributed by atoms with Gasteiger partial charge in [0.15, 0.2) is 11.6 Å². The Bertz CT molecular complexity index is 1090. The molecule has 6 heteroatoms. The largest absolute Gasteiger partial charge is 0.301 e. The van der Waals surface area contributed by atoms with Crippen molar-refractivity contribution in [3.8, 4) is 11.1 Å². The lowest BCUT2D eigenvalue weighted by molar-refractivity contribution is 0.130. The summed E-state index contributed by atoms with van der Waals surface area (Å²) in [6.07, 6.45) is 3.86. The zero-order valence-corrected chi connectivity index (χ0v) is 16.7. The summed E-state index contributed by atoms with van der Waals surface area (Å²) in [5, 5.41) is 0.492. The molecule has 0 saturated carbocycles. The van der Waals surface area contributed by atoms with Gasteiger partial charge in [0, 0.05) is 19.1 Å². The molecular formula is C23H25F2N3O. The van der Waals surface area contributed by atoms with Gasteiger partial charge in [0.25, 0.3) is 5.56 Å². The normalized spacial score (nSPS) is 17.9. The zero-order valence-electron chi connectivity index (χ0n) is 16.7. The molecule has 2 heterocycles. The third-order valence-corrected chi connectivity index (χ3v) is 5.81. The predicted molar refractivity (Wildman–Crippen MR) is 111 cm³/mol. The van der Waals surface area contributed by atoms with Gasteiger partial charge in [-0.3, -0.25) is 9.36 Å². The number of halogens is 2. The van der Waals surface area contributed by atoms with Crippen molar-refractivity contribution in [3.63, 3.8) is 0 Å². The van der Waals surface area contributed by atoms with Crippen LogP contribution in [0, 0.1) is 17.6 Å². The van der Waals surface area contributed by atoms with Crippen LogP contribution in [0.1, 0.15) is 26.7 Å². The third-order valence-electron chi connectivity index (χ3n) is 5.81. The summed E-state index contributed by atoms with van der Waals surface area (Å²) in [6, 6.07) is 9.49. The van der Waals surface area contributed by atoms with E-state index in [2.05, 4.69) is 23.7 Å². The molecule has 4 rings (SSSR count). The summed E-state index contributed by atoms with van der Waals surface area (Å²) in [5.74, 6) is -1.38. The van der Waals surface area contributed by atoms with Crippen LogP contribution in [-0.4, -0.2) is 33.6 Å². The fourth-order valence-electron chi connectivity index (χ4n) is 4.14. The molecule has 2 aromatic carbocycles. The highest BCUT2D eigenvalue weighted by molar-refractivity contribution is 5.83. The first-order valence-corrected chi connectivity index (χ1v) is 10.1. The van der Waals surface area contributed by atoms with Crippen LogP contribution in [0.4, 0.5) is 8.78 Å². The fourth-order valence-corrected chi connectivity index (χ4v) is 4.14. The number of likely N-dealkylation sites (tertiary alicyclic amines) is 1. The molecule has 0 spiro atoms. The van der Waals surface area contributed by atoms with Gasteiger partial charge in [-0.15, -0.1) is 0 Å². The second kappa shape index (κ2) is 8.03. The van der Waals surface area contributed by atoms with Crippen LogP contribution in [0.3, 0.4) is 0 Å². The topological polar surface area (TPSA) is 38.1 Å². The van der Waals surface area contributed by atoms with E-state index in [9.17, 15) is 13.6 Å². The average Bonchev–Trinajstić information content (AvgIpc) is 2.72. The minimum atomic E-state index is -0.904. The summed E-state index contributed by atoms with van der Waals surface area (Å²) in [6.45, 7) is 7.13. The van der Waals surface area contributed by atoms with Gasteiger partial charge in [-0.1, -0.05) is 12.1 Å². The number of hydrogen-bond acceptors (Lipinski definition) is 3. The Morgan fingerprint density at radius 2 is 1.86 bits per heavy atom. The third kappa shape index (κ3) is 4.08. The SMILES string of the molecule is CC(C)N1CCC[C@H](Cn2cnc3ccc(-c4ccc(F)c(F)c4)cc3c2=O)C1. The van der Waals surface area contributed by atoms with Crippen molar-refractivity contribution in [3.05, 3.63) is 64.7 Å². The second-order valence-corrected chi connectivity index (χ2v) is 8.16. The molecule has 1 aromatic heterocycles. The van der Waals surface area contributed by atoms with Gasteiger partial charge < -0.3 is 4.90 Å². The molecule has 3 aromatic rings. The van der Waals surface area contributed by atoms with E-state index in [0.717, 1.165) is 38.1 Å². The average molecular weight is 397 g/mol. The first-order chi connectivity index (χ1) is 13.9. The number of fused-ring (bicyclic) bond motifs is 1. The van der Waals surface area contributed by atoms with E-state index >= 15 is 0 Å². The number of aromatic nitrogens is 2. The van der Waals surface area contributed by atoms with E-state index in [1.807, 2.05) is 0 Å². The Morgan fingerprint density at radius 3 is 2.62 bits per heavy atom. The molecule has 0 amide bonds. The summed E-state index contributed by atoms with van der Waals surface area (Å²) in [5.41, 5.74) is 1.70. The summed E-state index contributed by atoms with van der Waals surface area (Å²) < 4.78 is 28.5. The summed E-state index contributed by atoms with van der Waals surface area (Å²) >= 11 is 0. The highest BCUT2D eigenvalue weighted by Gasteiger charge is 2.22. The molecule has 152 valence electrons. The molecule has 0 radical (unpaired) electrons. The molecule has 0 bridgehead atoms. The van der Waals surface area contributed by atoms with Gasteiger partial charge in [0.05, 0.1) is 17.2 Å². The Labute approximate surface area is 168 Å². The maximum Gasteiger partial charge on any atom is 0.261 e. The van der Waals surface area contributed by atoms with Crippen LogP contribution >= 0.6 is 0 Å². The predicted octanol–water partition coefficient (Wildman–Crippen LogP) is 4.46. The summed E-state index contributed by atoms with van der Waals surface area (Å²) in [7, 11) is 0. The van der Waals surface area contributed by atoms with Crippen LogP contribution < -0.4 is 5.56 Å². The van der Waals surface area contributed by atoms with Crippen molar-refractivity contribution < 1.29 is 8.78 Å². The van der Waals surface area contributed by atoms with Crippen LogP contribution in [0.15, 0.2) is 47.5 Å². The van der Waals surface area contributed by atoms with E-state index in [-0.39, 0.29) is 5.56 Å². The molecule has 1 aliphatic heterocycles. The molecule has 0 N–H and O–H groups in total. The highest BCUT2D eigenvalue weighted by Crippen LogP contribution is 2.24. The van der Waals surface area contributed by atoms with Crippen LogP contribution in [0.5, 0.6) is 0 Å². The Kier molecular flexibility index (Phi) is 5.46. The van der Waals surface area contributed by atoms with E-state index in [1.165, 1.54) is 6.07 Å². The Morgan fingerprint density at radius 1 is 1.10 bits per heavy atom. The van der Waals surface area contributed by atoms with Crippen molar-refractivity contribution in [1.82, 2.24) is 14.5 Å². The molecule has 1 fully saturated rings. The summed E-state index contributed by atoms with van der Waals surface area (Å²) in [4.78, 5) is 20.0. The molecule has 0 unspecified atom stereocenters.